The minimum Gasteiger partial charge on any atom is -0.294 e. The number of halogens is 4. The SMILES string of the molecule is NNC(=O)CSc1cc(C(F)(F)F)cc(Cl)n1. The molecule has 0 aromatic carbocycles. The molecule has 1 heterocycles. The van der Waals surface area contributed by atoms with E-state index in [4.69, 9.17) is 17.4 Å². The van der Waals surface area contributed by atoms with Gasteiger partial charge in [-0.05, 0) is 12.1 Å². The summed E-state index contributed by atoms with van der Waals surface area (Å²) in [6.07, 6.45) is -4.50. The molecule has 9 heteroatoms. The summed E-state index contributed by atoms with van der Waals surface area (Å²) in [7, 11) is 0. The summed E-state index contributed by atoms with van der Waals surface area (Å²) in [4.78, 5) is 14.5. The maximum absolute atomic E-state index is 12.4. The first-order chi connectivity index (χ1) is 7.82. The molecule has 1 rings (SSSR count). The Morgan fingerprint density at radius 1 is 1.53 bits per heavy atom. The second-order valence-corrected chi connectivity index (χ2v) is 4.25. The Bertz CT molecular complexity index is 427. The van der Waals surface area contributed by atoms with Crippen molar-refractivity contribution < 1.29 is 18.0 Å². The Kier molecular flexibility index (Phi) is 4.61. The monoisotopic (exact) mass is 285 g/mol. The minimum atomic E-state index is -4.50. The summed E-state index contributed by atoms with van der Waals surface area (Å²) in [5, 5.41) is -0.274. The predicted molar refractivity (Wildman–Crippen MR) is 57.3 cm³/mol. The third-order valence-corrected chi connectivity index (χ3v) is 2.72. The van der Waals surface area contributed by atoms with Gasteiger partial charge in [0, 0.05) is 0 Å². The van der Waals surface area contributed by atoms with Crippen LogP contribution in [0.15, 0.2) is 17.2 Å². The van der Waals surface area contributed by atoms with Gasteiger partial charge in [0.25, 0.3) is 0 Å². The van der Waals surface area contributed by atoms with Crippen molar-refractivity contribution in [2.75, 3.05) is 5.75 Å². The third kappa shape index (κ3) is 4.41. The van der Waals surface area contributed by atoms with Crippen LogP contribution in [-0.4, -0.2) is 16.6 Å². The zero-order valence-electron chi connectivity index (χ0n) is 8.21. The molecular formula is C8H7ClF3N3OS. The van der Waals surface area contributed by atoms with Gasteiger partial charge in [0.2, 0.25) is 5.91 Å². The number of nitrogens with one attached hydrogen (secondary N) is 1. The molecule has 0 unspecified atom stereocenters. The molecule has 17 heavy (non-hydrogen) atoms. The van der Waals surface area contributed by atoms with Gasteiger partial charge in [-0.1, -0.05) is 23.4 Å². The largest absolute Gasteiger partial charge is 0.416 e. The molecule has 4 nitrogen and oxygen atoms in total. The number of alkyl halides is 3. The Morgan fingerprint density at radius 3 is 2.71 bits per heavy atom. The lowest BCUT2D eigenvalue weighted by Gasteiger charge is -2.08. The van der Waals surface area contributed by atoms with Crippen molar-refractivity contribution >= 4 is 29.3 Å². The molecule has 0 saturated heterocycles. The molecule has 1 aromatic heterocycles. The molecule has 0 atom stereocenters. The van der Waals surface area contributed by atoms with E-state index >= 15 is 0 Å². The van der Waals surface area contributed by atoms with Crippen molar-refractivity contribution in [2.24, 2.45) is 5.84 Å². The molecule has 0 saturated carbocycles. The van der Waals surface area contributed by atoms with Crippen molar-refractivity contribution in [1.29, 1.82) is 0 Å². The Morgan fingerprint density at radius 2 is 2.18 bits per heavy atom. The van der Waals surface area contributed by atoms with Gasteiger partial charge in [0.05, 0.1) is 16.3 Å². The number of thioether (sulfide) groups is 1. The lowest BCUT2D eigenvalue weighted by molar-refractivity contribution is -0.137. The van der Waals surface area contributed by atoms with Gasteiger partial charge < -0.3 is 0 Å². The molecule has 1 aromatic rings. The zero-order chi connectivity index (χ0) is 13.1. The highest BCUT2D eigenvalue weighted by molar-refractivity contribution is 7.99. The lowest BCUT2D eigenvalue weighted by atomic mass is 10.3. The molecule has 3 N–H and O–H groups in total. The van der Waals surface area contributed by atoms with E-state index < -0.39 is 17.6 Å². The number of rotatable bonds is 3. The van der Waals surface area contributed by atoms with Crippen LogP contribution in [0.2, 0.25) is 5.15 Å². The van der Waals surface area contributed by atoms with E-state index in [1.54, 1.807) is 0 Å². The molecule has 0 aliphatic heterocycles. The number of hydrogen-bond acceptors (Lipinski definition) is 4. The van der Waals surface area contributed by atoms with Crippen molar-refractivity contribution in [2.45, 2.75) is 11.2 Å². The molecule has 1 amide bonds. The van der Waals surface area contributed by atoms with Gasteiger partial charge in [-0.3, -0.25) is 10.2 Å². The number of hydrazine groups is 1. The number of nitrogens with zero attached hydrogens (tertiary/aromatic N) is 1. The van der Waals surface area contributed by atoms with Crippen molar-refractivity contribution in [3.8, 4) is 0 Å². The van der Waals surface area contributed by atoms with Gasteiger partial charge >= 0.3 is 6.18 Å². The van der Waals surface area contributed by atoms with Crippen molar-refractivity contribution in [3.63, 3.8) is 0 Å². The van der Waals surface area contributed by atoms with E-state index in [-0.39, 0.29) is 15.9 Å². The van der Waals surface area contributed by atoms with Gasteiger partial charge in [-0.25, -0.2) is 10.8 Å². The minimum absolute atomic E-state index is 0.00780. The lowest BCUT2D eigenvalue weighted by Crippen LogP contribution is -2.31. The van der Waals surface area contributed by atoms with E-state index in [0.717, 1.165) is 17.8 Å². The highest BCUT2D eigenvalue weighted by Gasteiger charge is 2.31. The standard InChI is InChI=1S/C8H7ClF3N3OS/c9-5-1-4(8(10,11)12)2-7(14-5)17-3-6(16)15-13/h1-2H,3,13H2,(H,15,16). The third-order valence-electron chi connectivity index (χ3n) is 1.61. The van der Waals surface area contributed by atoms with Gasteiger partial charge in [0.15, 0.2) is 0 Å². The number of carbonyl (C=O) groups excluding carboxylic acids is 1. The first kappa shape index (κ1) is 14.1. The topological polar surface area (TPSA) is 68.0 Å². The smallest absolute Gasteiger partial charge is 0.294 e. The van der Waals surface area contributed by atoms with E-state index in [0.29, 0.717) is 6.07 Å². The van der Waals surface area contributed by atoms with Crippen LogP contribution in [0.5, 0.6) is 0 Å². The molecule has 0 aliphatic carbocycles. The number of carbonyl (C=O) groups is 1. The number of aromatic nitrogens is 1. The highest BCUT2D eigenvalue weighted by Crippen LogP contribution is 2.32. The number of hydrogen-bond donors (Lipinski definition) is 2. The van der Waals surface area contributed by atoms with Crippen LogP contribution in [0.3, 0.4) is 0 Å². The summed E-state index contributed by atoms with van der Waals surface area (Å²) in [6, 6.07) is 1.54. The number of amides is 1. The molecular weight excluding hydrogens is 279 g/mol. The molecule has 0 bridgehead atoms. The van der Waals surface area contributed by atoms with Crippen LogP contribution in [-0.2, 0) is 11.0 Å². The molecule has 94 valence electrons. The predicted octanol–water partition coefficient (Wildman–Crippen LogP) is 1.84. The molecule has 0 radical (unpaired) electrons. The number of nitrogens with two attached hydrogens (primary N) is 1. The summed E-state index contributed by atoms with van der Waals surface area (Å²) >= 11 is 6.27. The number of pyridine rings is 1. The van der Waals surface area contributed by atoms with E-state index in [1.807, 2.05) is 5.43 Å². The maximum atomic E-state index is 12.4. The molecule has 0 aliphatic rings. The van der Waals surface area contributed by atoms with Crippen LogP contribution in [0.1, 0.15) is 5.56 Å². The van der Waals surface area contributed by atoms with Crippen molar-refractivity contribution in [3.05, 3.63) is 22.8 Å². The first-order valence-electron chi connectivity index (χ1n) is 4.20. The average Bonchev–Trinajstić information content (AvgIpc) is 2.24. The normalized spacial score (nSPS) is 11.4. The van der Waals surface area contributed by atoms with Crippen LogP contribution < -0.4 is 11.3 Å². The summed E-state index contributed by atoms with van der Waals surface area (Å²) in [5.74, 6) is 4.17. The first-order valence-corrected chi connectivity index (χ1v) is 5.56. The van der Waals surface area contributed by atoms with E-state index in [1.165, 1.54) is 0 Å². The van der Waals surface area contributed by atoms with E-state index in [2.05, 4.69) is 4.98 Å². The molecule has 0 fully saturated rings. The second-order valence-electron chi connectivity index (χ2n) is 2.87. The summed E-state index contributed by atoms with van der Waals surface area (Å²) in [5.41, 5.74) is 0.943. The van der Waals surface area contributed by atoms with Gasteiger partial charge in [0.1, 0.15) is 5.15 Å². The fraction of sp³-hybridized carbons (Fsp3) is 0.250. The van der Waals surface area contributed by atoms with Crippen LogP contribution in [0.4, 0.5) is 13.2 Å². The van der Waals surface area contributed by atoms with Crippen LogP contribution in [0.25, 0.3) is 0 Å². The fourth-order valence-corrected chi connectivity index (χ4v) is 1.89. The Hall–Kier alpha value is -0.990. The maximum Gasteiger partial charge on any atom is 0.416 e. The van der Waals surface area contributed by atoms with Crippen molar-refractivity contribution in [1.82, 2.24) is 10.4 Å². The van der Waals surface area contributed by atoms with Crippen LogP contribution >= 0.6 is 23.4 Å². The average molecular weight is 286 g/mol. The van der Waals surface area contributed by atoms with Gasteiger partial charge in [-0.2, -0.15) is 13.2 Å². The van der Waals surface area contributed by atoms with Gasteiger partial charge in [-0.15, -0.1) is 0 Å². The fourth-order valence-electron chi connectivity index (χ4n) is 0.892. The van der Waals surface area contributed by atoms with Crippen LogP contribution in [0, 0.1) is 0 Å². The zero-order valence-corrected chi connectivity index (χ0v) is 9.79. The Balaban J connectivity index is 2.87. The Labute approximate surface area is 104 Å². The van der Waals surface area contributed by atoms with E-state index in [9.17, 15) is 18.0 Å². The highest BCUT2D eigenvalue weighted by atomic mass is 35.5. The molecule has 0 spiro atoms. The summed E-state index contributed by atoms with van der Waals surface area (Å²) < 4.78 is 37.3. The quantitative estimate of drug-likeness (QED) is 0.292. The summed E-state index contributed by atoms with van der Waals surface area (Å²) in [6.45, 7) is 0. The second kappa shape index (κ2) is 5.56.